The Balaban J connectivity index is 2.04. The number of sulfonamides is 1. The van der Waals surface area contributed by atoms with Crippen LogP contribution in [0.2, 0.25) is 0 Å². The van der Waals surface area contributed by atoms with Crippen molar-refractivity contribution in [3.63, 3.8) is 0 Å². The SMILES string of the molecule is CN(C)S(=O)(=O)c1c(N)nsc1NCCCC1CC1. The molecule has 0 unspecified atom stereocenters. The number of anilines is 2. The molecular formula is C11H20N4O2S2. The van der Waals surface area contributed by atoms with Crippen LogP contribution < -0.4 is 11.1 Å². The van der Waals surface area contributed by atoms with Crippen LogP contribution in [0.3, 0.4) is 0 Å². The lowest BCUT2D eigenvalue weighted by Gasteiger charge is -2.12. The molecule has 0 radical (unpaired) electrons. The van der Waals surface area contributed by atoms with E-state index in [1.165, 1.54) is 33.4 Å². The van der Waals surface area contributed by atoms with Crippen LogP contribution in [-0.2, 0) is 10.0 Å². The van der Waals surface area contributed by atoms with Crippen molar-refractivity contribution in [3.8, 4) is 0 Å². The second kappa shape index (κ2) is 5.64. The smallest absolute Gasteiger partial charge is 0.249 e. The monoisotopic (exact) mass is 304 g/mol. The zero-order chi connectivity index (χ0) is 14.0. The number of nitrogens with two attached hydrogens (primary N) is 1. The summed E-state index contributed by atoms with van der Waals surface area (Å²) < 4.78 is 29.4. The molecule has 0 amide bonds. The van der Waals surface area contributed by atoms with Crippen LogP contribution in [0.5, 0.6) is 0 Å². The highest BCUT2D eigenvalue weighted by molar-refractivity contribution is 7.89. The molecule has 108 valence electrons. The van der Waals surface area contributed by atoms with Gasteiger partial charge in [0.25, 0.3) is 0 Å². The van der Waals surface area contributed by atoms with Gasteiger partial charge in [-0.15, -0.1) is 0 Å². The summed E-state index contributed by atoms with van der Waals surface area (Å²) in [6.07, 6.45) is 4.93. The molecule has 0 aliphatic heterocycles. The molecule has 1 aliphatic carbocycles. The van der Waals surface area contributed by atoms with Crippen molar-refractivity contribution in [2.45, 2.75) is 30.6 Å². The Kier molecular flexibility index (Phi) is 4.32. The molecule has 0 aromatic carbocycles. The maximum atomic E-state index is 12.2. The topological polar surface area (TPSA) is 88.3 Å². The maximum absolute atomic E-state index is 12.2. The lowest BCUT2D eigenvalue weighted by atomic mass is 10.2. The predicted molar refractivity (Wildman–Crippen MR) is 77.8 cm³/mol. The second-order valence-electron chi connectivity index (χ2n) is 5.03. The first-order valence-corrected chi connectivity index (χ1v) is 8.56. The molecule has 1 aromatic rings. The lowest BCUT2D eigenvalue weighted by molar-refractivity contribution is 0.521. The molecule has 8 heteroatoms. The predicted octanol–water partition coefficient (Wildman–Crippen LogP) is 1.58. The van der Waals surface area contributed by atoms with Crippen molar-refractivity contribution in [1.29, 1.82) is 0 Å². The van der Waals surface area contributed by atoms with Crippen LogP contribution in [0.15, 0.2) is 4.90 Å². The Bertz CT molecular complexity index is 535. The van der Waals surface area contributed by atoms with Crippen molar-refractivity contribution < 1.29 is 8.42 Å². The average Bonchev–Trinajstić information content (AvgIpc) is 3.07. The fourth-order valence-corrected chi connectivity index (χ4v) is 3.94. The summed E-state index contributed by atoms with van der Waals surface area (Å²) in [4.78, 5) is 0.105. The maximum Gasteiger partial charge on any atom is 0.249 e. The standard InChI is InChI=1S/C11H20N4O2S2/c1-15(2)19(16,17)9-10(12)14-18-11(9)13-7-3-4-8-5-6-8/h8,13H,3-7H2,1-2H3,(H2,12,14). The van der Waals surface area contributed by atoms with Gasteiger partial charge in [0, 0.05) is 20.6 Å². The van der Waals surface area contributed by atoms with E-state index in [0.717, 1.165) is 34.7 Å². The van der Waals surface area contributed by atoms with Gasteiger partial charge < -0.3 is 11.1 Å². The molecule has 3 N–H and O–H groups in total. The molecule has 6 nitrogen and oxygen atoms in total. The molecule has 0 spiro atoms. The molecule has 19 heavy (non-hydrogen) atoms. The summed E-state index contributed by atoms with van der Waals surface area (Å²) >= 11 is 1.10. The van der Waals surface area contributed by atoms with E-state index in [2.05, 4.69) is 9.69 Å². The number of aromatic nitrogens is 1. The van der Waals surface area contributed by atoms with Crippen LogP contribution in [-0.4, -0.2) is 37.7 Å². The van der Waals surface area contributed by atoms with E-state index in [1.54, 1.807) is 0 Å². The lowest BCUT2D eigenvalue weighted by Crippen LogP contribution is -2.23. The van der Waals surface area contributed by atoms with Gasteiger partial charge in [-0.05, 0) is 30.3 Å². The molecule has 1 heterocycles. The van der Waals surface area contributed by atoms with Gasteiger partial charge in [-0.2, -0.15) is 4.37 Å². The van der Waals surface area contributed by atoms with E-state index >= 15 is 0 Å². The molecular weight excluding hydrogens is 284 g/mol. The minimum Gasteiger partial charge on any atom is -0.382 e. The van der Waals surface area contributed by atoms with E-state index in [9.17, 15) is 8.42 Å². The molecule has 0 bridgehead atoms. The third-order valence-corrected chi connectivity index (χ3v) is 6.02. The molecule has 1 saturated carbocycles. The molecule has 0 atom stereocenters. The van der Waals surface area contributed by atoms with Crippen LogP contribution in [0, 0.1) is 5.92 Å². The molecule has 1 aliphatic rings. The van der Waals surface area contributed by atoms with Crippen molar-refractivity contribution in [2.24, 2.45) is 5.92 Å². The van der Waals surface area contributed by atoms with Crippen LogP contribution >= 0.6 is 11.5 Å². The van der Waals surface area contributed by atoms with Crippen molar-refractivity contribution in [2.75, 3.05) is 31.7 Å². The number of nitrogens with zero attached hydrogens (tertiary/aromatic N) is 2. The summed E-state index contributed by atoms with van der Waals surface area (Å²) in [5, 5.41) is 3.69. The number of nitrogens with one attached hydrogen (secondary N) is 1. The highest BCUT2D eigenvalue weighted by Gasteiger charge is 2.27. The minimum absolute atomic E-state index is 0.0726. The van der Waals surface area contributed by atoms with Crippen molar-refractivity contribution in [3.05, 3.63) is 0 Å². The fraction of sp³-hybridized carbons (Fsp3) is 0.727. The summed E-state index contributed by atoms with van der Waals surface area (Å²) in [6, 6.07) is 0. The van der Waals surface area contributed by atoms with Gasteiger partial charge in [0.2, 0.25) is 10.0 Å². The first kappa shape index (κ1) is 14.5. The van der Waals surface area contributed by atoms with Crippen LogP contribution in [0.4, 0.5) is 10.8 Å². The van der Waals surface area contributed by atoms with Gasteiger partial charge in [0.05, 0.1) is 0 Å². The normalized spacial score (nSPS) is 15.9. The highest BCUT2D eigenvalue weighted by atomic mass is 32.2. The van der Waals surface area contributed by atoms with Gasteiger partial charge in [-0.3, -0.25) is 0 Å². The Labute approximate surface area is 118 Å². The third-order valence-electron chi connectivity index (χ3n) is 3.18. The third kappa shape index (κ3) is 3.37. The van der Waals surface area contributed by atoms with Crippen molar-refractivity contribution in [1.82, 2.24) is 8.68 Å². The Morgan fingerprint density at radius 1 is 1.47 bits per heavy atom. The van der Waals surface area contributed by atoms with E-state index in [0.29, 0.717) is 5.00 Å². The molecule has 0 saturated heterocycles. The first-order valence-electron chi connectivity index (χ1n) is 6.34. The summed E-state index contributed by atoms with van der Waals surface area (Å²) in [6.45, 7) is 0.758. The zero-order valence-electron chi connectivity index (χ0n) is 11.2. The van der Waals surface area contributed by atoms with Gasteiger partial charge in [0.1, 0.15) is 5.00 Å². The fourth-order valence-electron chi connectivity index (χ4n) is 1.84. The summed E-state index contributed by atoms with van der Waals surface area (Å²) in [7, 11) is -0.563. The Morgan fingerprint density at radius 2 is 2.16 bits per heavy atom. The second-order valence-corrected chi connectivity index (χ2v) is 7.89. The number of hydrogen-bond acceptors (Lipinski definition) is 6. The largest absolute Gasteiger partial charge is 0.382 e. The number of rotatable bonds is 7. The number of nitrogen functional groups attached to an aromatic ring is 1. The molecule has 1 fully saturated rings. The quantitative estimate of drug-likeness (QED) is 0.747. The Morgan fingerprint density at radius 3 is 2.74 bits per heavy atom. The molecule has 1 aromatic heterocycles. The highest BCUT2D eigenvalue weighted by Crippen LogP contribution is 2.35. The van der Waals surface area contributed by atoms with Gasteiger partial charge in [-0.1, -0.05) is 12.8 Å². The number of hydrogen-bond donors (Lipinski definition) is 2. The van der Waals surface area contributed by atoms with Gasteiger partial charge >= 0.3 is 0 Å². The zero-order valence-corrected chi connectivity index (χ0v) is 12.9. The van der Waals surface area contributed by atoms with Crippen LogP contribution in [0.1, 0.15) is 25.7 Å². The van der Waals surface area contributed by atoms with E-state index in [-0.39, 0.29) is 10.7 Å². The Hall–Kier alpha value is -0.860. The minimum atomic E-state index is -3.54. The first-order chi connectivity index (χ1) is 8.93. The summed E-state index contributed by atoms with van der Waals surface area (Å²) in [5.74, 6) is 0.960. The average molecular weight is 304 g/mol. The summed E-state index contributed by atoms with van der Waals surface area (Å²) in [5.41, 5.74) is 5.68. The van der Waals surface area contributed by atoms with Crippen LogP contribution in [0.25, 0.3) is 0 Å². The van der Waals surface area contributed by atoms with Gasteiger partial charge in [-0.25, -0.2) is 12.7 Å². The van der Waals surface area contributed by atoms with Gasteiger partial charge in [0.15, 0.2) is 10.7 Å². The van der Waals surface area contributed by atoms with E-state index < -0.39 is 10.0 Å². The van der Waals surface area contributed by atoms with E-state index in [1.807, 2.05) is 0 Å². The van der Waals surface area contributed by atoms with E-state index in [4.69, 9.17) is 5.73 Å². The van der Waals surface area contributed by atoms with Crippen molar-refractivity contribution >= 4 is 32.4 Å². The molecule has 2 rings (SSSR count).